The van der Waals surface area contributed by atoms with E-state index >= 15 is 0 Å². The van der Waals surface area contributed by atoms with Crippen LogP contribution < -0.4 is 5.32 Å². The molecule has 0 aliphatic carbocycles. The highest BCUT2D eigenvalue weighted by Crippen LogP contribution is 2.17. The first-order chi connectivity index (χ1) is 8.84. The van der Waals surface area contributed by atoms with E-state index < -0.39 is 30.1 Å². The maximum Gasteiger partial charge on any atom is 0.327 e. The molecule has 0 bridgehead atoms. The minimum absolute atomic E-state index is 0.363. The number of nitrogens with zero attached hydrogens (tertiary/aromatic N) is 1. The van der Waals surface area contributed by atoms with Crippen LogP contribution in [0.2, 0.25) is 0 Å². The molecule has 3 N–H and O–H groups in total. The number of rotatable bonds is 5. The van der Waals surface area contributed by atoms with Crippen molar-refractivity contribution in [2.45, 2.75) is 32.0 Å². The van der Waals surface area contributed by atoms with E-state index in [1.807, 2.05) is 0 Å². The standard InChI is InChI=1S/C11H18N2O5S/c1-6(12-7(2)10(15)16)9(14)13-3-4-19-5-8(13)11(17)18/h6-8,12H,3-5H2,1-2H3,(H,15,16)(H,17,18)/t6-,7?,8?/m0/s1. The summed E-state index contributed by atoms with van der Waals surface area (Å²) in [4.78, 5) is 35.3. The van der Waals surface area contributed by atoms with Crippen LogP contribution in [0.4, 0.5) is 0 Å². The van der Waals surface area contributed by atoms with Gasteiger partial charge in [0.1, 0.15) is 12.1 Å². The van der Waals surface area contributed by atoms with Crippen LogP contribution in [-0.4, -0.2) is 69.1 Å². The van der Waals surface area contributed by atoms with E-state index in [0.717, 1.165) is 0 Å². The van der Waals surface area contributed by atoms with Gasteiger partial charge in [0.2, 0.25) is 5.91 Å². The third kappa shape index (κ3) is 4.10. The van der Waals surface area contributed by atoms with Crippen LogP contribution in [0.5, 0.6) is 0 Å². The molecule has 8 heteroatoms. The number of carbonyl (C=O) groups excluding carboxylic acids is 1. The first-order valence-electron chi connectivity index (χ1n) is 5.94. The molecule has 1 saturated heterocycles. The Kier molecular flexibility index (Phi) is 5.61. The third-order valence-electron chi connectivity index (χ3n) is 2.94. The van der Waals surface area contributed by atoms with E-state index in [9.17, 15) is 14.4 Å². The van der Waals surface area contributed by atoms with Gasteiger partial charge in [0.15, 0.2) is 0 Å². The number of nitrogens with one attached hydrogen (secondary N) is 1. The summed E-state index contributed by atoms with van der Waals surface area (Å²) in [7, 11) is 0. The Balaban J connectivity index is 2.68. The summed E-state index contributed by atoms with van der Waals surface area (Å²) in [5, 5.41) is 20.5. The summed E-state index contributed by atoms with van der Waals surface area (Å²) in [6.45, 7) is 3.35. The van der Waals surface area contributed by atoms with Crippen molar-refractivity contribution >= 4 is 29.6 Å². The number of carboxylic acid groups (broad SMARTS) is 2. The molecule has 2 unspecified atom stereocenters. The molecule has 0 aromatic heterocycles. The van der Waals surface area contributed by atoms with Gasteiger partial charge in [0.05, 0.1) is 6.04 Å². The molecule has 1 fully saturated rings. The van der Waals surface area contributed by atoms with Gasteiger partial charge in [0.25, 0.3) is 0 Å². The van der Waals surface area contributed by atoms with Crippen molar-refractivity contribution in [1.82, 2.24) is 10.2 Å². The first-order valence-corrected chi connectivity index (χ1v) is 7.10. The van der Waals surface area contributed by atoms with Crippen molar-refractivity contribution in [3.63, 3.8) is 0 Å². The van der Waals surface area contributed by atoms with Gasteiger partial charge in [-0.15, -0.1) is 0 Å². The van der Waals surface area contributed by atoms with E-state index in [1.54, 1.807) is 6.92 Å². The van der Waals surface area contributed by atoms with Crippen molar-refractivity contribution in [3.05, 3.63) is 0 Å². The predicted octanol–water partition coefficient (Wildman–Crippen LogP) is -0.534. The summed E-state index contributed by atoms with van der Waals surface area (Å²) in [5.74, 6) is -1.40. The van der Waals surface area contributed by atoms with Crippen LogP contribution in [0.25, 0.3) is 0 Å². The average molecular weight is 290 g/mol. The quantitative estimate of drug-likeness (QED) is 0.624. The van der Waals surface area contributed by atoms with Crippen LogP contribution in [0.15, 0.2) is 0 Å². The summed E-state index contributed by atoms with van der Waals surface area (Å²) >= 11 is 1.49. The molecule has 108 valence electrons. The summed E-state index contributed by atoms with van der Waals surface area (Å²) < 4.78 is 0. The van der Waals surface area contributed by atoms with Gasteiger partial charge in [-0.1, -0.05) is 0 Å². The van der Waals surface area contributed by atoms with Gasteiger partial charge in [-0.05, 0) is 13.8 Å². The van der Waals surface area contributed by atoms with Crippen molar-refractivity contribution in [3.8, 4) is 0 Å². The molecule has 1 rings (SSSR count). The fraction of sp³-hybridized carbons (Fsp3) is 0.727. The molecular weight excluding hydrogens is 272 g/mol. The molecule has 1 aliphatic rings. The highest BCUT2D eigenvalue weighted by atomic mass is 32.2. The van der Waals surface area contributed by atoms with Gasteiger partial charge in [-0.3, -0.25) is 14.9 Å². The average Bonchev–Trinajstić information content (AvgIpc) is 2.37. The van der Waals surface area contributed by atoms with Gasteiger partial charge in [-0.2, -0.15) is 11.8 Å². The number of thioether (sulfide) groups is 1. The maximum absolute atomic E-state index is 12.2. The van der Waals surface area contributed by atoms with Crippen molar-refractivity contribution in [2.24, 2.45) is 0 Å². The minimum Gasteiger partial charge on any atom is -0.480 e. The third-order valence-corrected chi connectivity index (χ3v) is 3.96. The number of amides is 1. The van der Waals surface area contributed by atoms with Gasteiger partial charge >= 0.3 is 11.9 Å². The number of hydrogen-bond donors (Lipinski definition) is 3. The monoisotopic (exact) mass is 290 g/mol. The molecule has 7 nitrogen and oxygen atoms in total. The molecule has 1 amide bonds. The van der Waals surface area contributed by atoms with E-state index in [0.29, 0.717) is 18.1 Å². The van der Waals surface area contributed by atoms with Crippen molar-refractivity contribution < 1.29 is 24.6 Å². The van der Waals surface area contributed by atoms with Gasteiger partial charge < -0.3 is 15.1 Å². The Morgan fingerprint density at radius 1 is 1.26 bits per heavy atom. The molecule has 1 heterocycles. The Morgan fingerprint density at radius 2 is 1.89 bits per heavy atom. The molecule has 19 heavy (non-hydrogen) atoms. The van der Waals surface area contributed by atoms with Gasteiger partial charge in [-0.25, -0.2) is 4.79 Å². The lowest BCUT2D eigenvalue weighted by atomic mass is 10.2. The SMILES string of the molecule is CC(N[C@@H](C)C(=O)N1CCSCC1C(=O)O)C(=O)O. The second-order valence-corrected chi connectivity index (χ2v) is 5.56. The zero-order chi connectivity index (χ0) is 14.6. The fourth-order valence-electron chi connectivity index (χ4n) is 1.84. The van der Waals surface area contributed by atoms with Crippen LogP contribution in [0.1, 0.15) is 13.8 Å². The highest BCUT2D eigenvalue weighted by Gasteiger charge is 2.34. The Labute approximate surface area is 115 Å². The lowest BCUT2D eigenvalue weighted by molar-refractivity contribution is -0.150. The predicted molar refractivity (Wildman–Crippen MR) is 70.2 cm³/mol. The molecule has 0 saturated carbocycles. The van der Waals surface area contributed by atoms with E-state index in [2.05, 4.69) is 5.32 Å². The van der Waals surface area contributed by atoms with Crippen LogP contribution in [-0.2, 0) is 14.4 Å². The molecule has 0 aromatic rings. The topological polar surface area (TPSA) is 107 Å². The molecule has 0 radical (unpaired) electrons. The maximum atomic E-state index is 12.2. The summed E-state index contributed by atoms with van der Waals surface area (Å²) in [6, 6.07) is -2.42. The van der Waals surface area contributed by atoms with Crippen LogP contribution in [0, 0.1) is 0 Å². The van der Waals surface area contributed by atoms with Gasteiger partial charge in [0, 0.05) is 18.1 Å². The fourth-order valence-corrected chi connectivity index (χ4v) is 2.88. The Bertz CT molecular complexity index is 376. The second-order valence-electron chi connectivity index (χ2n) is 4.41. The van der Waals surface area contributed by atoms with Crippen molar-refractivity contribution in [1.29, 1.82) is 0 Å². The molecular formula is C11H18N2O5S. The summed E-state index contributed by atoms with van der Waals surface area (Å²) in [6.07, 6.45) is 0. The zero-order valence-corrected chi connectivity index (χ0v) is 11.6. The normalized spacial score (nSPS) is 22.6. The lowest BCUT2D eigenvalue weighted by Gasteiger charge is -2.34. The second kappa shape index (κ2) is 6.76. The molecule has 0 aromatic carbocycles. The lowest BCUT2D eigenvalue weighted by Crippen LogP contribution is -2.57. The summed E-state index contributed by atoms with van der Waals surface area (Å²) in [5.41, 5.74) is 0. The smallest absolute Gasteiger partial charge is 0.327 e. The molecule has 0 spiro atoms. The number of carboxylic acids is 2. The number of aliphatic carboxylic acids is 2. The number of hydrogen-bond acceptors (Lipinski definition) is 5. The minimum atomic E-state index is -1.05. The zero-order valence-electron chi connectivity index (χ0n) is 10.8. The Hall–Kier alpha value is -1.28. The van der Waals surface area contributed by atoms with Crippen LogP contribution in [0.3, 0.4) is 0 Å². The van der Waals surface area contributed by atoms with Crippen LogP contribution >= 0.6 is 11.8 Å². The Morgan fingerprint density at radius 3 is 2.42 bits per heavy atom. The first kappa shape index (κ1) is 15.8. The van der Waals surface area contributed by atoms with E-state index in [-0.39, 0.29) is 5.91 Å². The molecule has 1 aliphatic heterocycles. The molecule has 3 atom stereocenters. The number of carbonyl (C=O) groups is 3. The van der Waals surface area contributed by atoms with Crippen molar-refractivity contribution in [2.75, 3.05) is 18.1 Å². The largest absolute Gasteiger partial charge is 0.480 e. The highest BCUT2D eigenvalue weighted by molar-refractivity contribution is 7.99. The van der Waals surface area contributed by atoms with E-state index in [1.165, 1.54) is 23.6 Å². The van der Waals surface area contributed by atoms with E-state index in [4.69, 9.17) is 10.2 Å².